The second-order valence-electron chi connectivity index (χ2n) is 4.72. The van der Waals surface area contributed by atoms with Crippen molar-refractivity contribution < 1.29 is 2.85 Å². The molecule has 3 unspecified atom stereocenters. The maximum atomic E-state index is 2.44. The van der Waals surface area contributed by atoms with E-state index in [2.05, 4.69) is 6.92 Å². The molecule has 2 fully saturated rings. The Labute approximate surface area is 73.3 Å². The summed E-state index contributed by atoms with van der Waals surface area (Å²) in [5.74, 6) is 3.31. The lowest BCUT2D eigenvalue weighted by Gasteiger charge is -2.38. The highest BCUT2D eigenvalue weighted by molar-refractivity contribution is 4.81. The fourth-order valence-corrected chi connectivity index (χ4v) is 3.11. The molecule has 2 rings (SSSR count). The summed E-state index contributed by atoms with van der Waals surface area (Å²) in [6, 6.07) is 0. The third-order valence-corrected chi connectivity index (χ3v) is 3.80. The molecule has 68 valence electrons. The van der Waals surface area contributed by atoms with Crippen LogP contribution in [0.2, 0.25) is 0 Å². The molecule has 2 aliphatic rings. The third kappa shape index (κ3) is 1.60. The molecule has 0 heteroatoms. The van der Waals surface area contributed by atoms with E-state index in [0.717, 1.165) is 17.8 Å². The Morgan fingerprint density at radius 3 is 2.45 bits per heavy atom. The minimum Gasteiger partial charge on any atom is -0.0625 e. The van der Waals surface area contributed by atoms with Crippen molar-refractivity contribution in [3.05, 3.63) is 0 Å². The third-order valence-electron chi connectivity index (χ3n) is 3.80. The lowest BCUT2D eigenvalue weighted by atomic mass is 9.68. The molecule has 11 heavy (non-hydrogen) atoms. The fraction of sp³-hybridized carbons (Fsp3) is 1.00. The molecule has 0 saturated heterocycles. The monoisotopic (exact) mass is 156 g/mol. The smallest absolute Gasteiger partial charge is 0 e. The van der Waals surface area contributed by atoms with Gasteiger partial charge in [-0.2, -0.15) is 0 Å². The predicted molar refractivity (Wildman–Crippen MR) is 52.7 cm³/mol. The van der Waals surface area contributed by atoms with Gasteiger partial charge >= 0.3 is 0 Å². The van der Waals surface area contributed by atoms with Crippen molar-refractivity contribution in [1.82, 2.24) is 0 Å². The summed E-state index contributed by atoms with van der Waals surface area (Å²) in [7, 11) is 0. The summed E-state index contributed by atoms with van der Waals surface area (Å²) < 4.78 is 0. The highest BCUT2D eigenvalue weighted by atomic mass is 14.4. The van der Waals surface area contributed by atoms with Crippen molar-refractivity contribution in [3.63, 3.8) is 0 Å². The minimum absolute atomic E-state index is 0. The topological polar surface area (TPSA) is 0 Å². The molecule has 3 atom stereocenters. The molecule has 0 radical (unpaired) electrons. The summed E-state index contributed by atoms with van der Waals surface area (Å²) in [4.78, 5) is 0. The van der Waals surface area contributed by atoms with Crippen molar-refractivity contribution >= 4 is 0 Å². The van der Waals surface area contributed by atoms with Crippen LogP contribution in [0.4, 0.5) is 0 Å². The second-order valence-corrected chi connectivity index (χ2v) is 4.72. The molecule has 0 aliphatic heterocycles. The van der Waals surface area contributed by atoms with E-state index in [-0.39, 0.29) is 2.85 Å². The van der Waals surface area contributed by atoms with Crippen molar-refractivity contribution in [3.8, 4) is 0 Å². The molecule has 0 amide bonds. The van der Waals surface area contributed by atoms with Crippen molar-refractivity contribution in [2.24, 2.45) is 17.8 Å². The van der Waals surface area contributed by atoms with Crippen molar-refractivity contribution in [1.29, 1.82) is 0 Å². The van der Waals surface area contributed by atoms with Gasteiger partial charge in [-0.1, -0.05) is 39.0 Å². The van der Waals surface area contributed by atoms with Crippen LogP contribution in [0.25, 0.3) is 0 Å². The fourth-order valence-electron chi connectivity index (χ4n) is 3.11. The summed E-state index contributed by atoms with van der Waals surface area (Å²) >= 11 is 0. The van der Waals surface area contributed by atoms with Gasteiger partial charge in [0.1, 0.15) is 0 Å². The molecule has 0 aromatic heterocycles. The molecule has 0 N–H and O–H groups in total. The van der Waals surface area contributed by atoms with Gasteiger partial charge in [0.15, 0.2) is 0 Å². The van der Waals surface area contributed by atoms with Crippen LogP contribution in [0.3, 0.4) is 0 Å². The van der Waals surface area contributed by atoms with Gasteiger partial charge in [0, 0.05) is 2.85 Å². The largest absolute Gasteiger partial charge is 0.0625 e. The van der Waals surface area contributed by atoms with Gasteiger partial charge in [0.05, 0.1) is 0 Å². The van der Waals surface area contributed by atoms with E-state index in [9.17, 15) is 0 Å². The zero-order valence-electron chi connectivity index (χ0n) is 7.68. The Kier molecular flexibility index (Phi) is 2.20. The lowest BCUT2D eigenvalue weighted by molar-refractivity contribution is 0.137. The maximum Gasteiger partial charge on any atom is 0 e. The van der Waals surface area contributed by atoms with Crippen LogP contribution < -0.4 is 0 Å². The molecule has 2 aliphatic carbocycles. The van der Waals surface area contributed by atoms with Crippen LogP contribution in [0.1, 0.15) is 54.7 Å². The second kappa shape index (κ2) is 3.16. The normalized spacial score (nSPS) is 45.0. The van der Waals surface area contributed by atoms with E-state index in [1.54, 1.807) is 25.7 Å². The predicted octanol–water partition coefficient (Wildman–Crippen LogP) is 4.10. The zero-order valence-corrected chi connectivity index (χ0v) is 7.68. The van der Waals surface area contributed by atoms with E-state index in [1.165, 1.54) is 19.3 Å². The Bertz CT molecular complexity index is 136. The lowest BCUT2D eigenvalue weighted by Crippen LogP contribution is -2.26. The van der Waals surface area contributed by atoms with Crippen molar-refractivity contribution in [2.75, 3.05) is 0 Å². The van der Waals surface area contributed by atoms with E-state index < -0.39 is 0 Å². The Hall–Kier alpha value is 0. The SMILES string of the molecule is CC1CCC2CCCCC2C1.[HH].[HH]. The highest BCUT2D eigenvalue weighted by Crippen LogP contribution is 2.42. The maximum absolute atomic E-state index is 2.44. The molecular weight excluding hydrogens is 132 g/mol. The van der Waals surface area contributed by atoms with Gasteiger partial charge in [0.25, 0.3) is 0 Å². The molecule has 0 spiro atoms. The van der Waals surface area contributed by atoms with Crippen LogP contribution in [0, 0.1) is 17.8 Å². The standard InChI is InChI=1S/C11H20.2H2/c1-9-6-7-10-4-2-3-5-11(10)8-9;;/h9-11H,2-8H2,1H3;2*1H. The highest BCUT2D eigenvalue weighted by Gasteiger charge is 2.29. The van der Waals surface area contributed by atoms with Crippen LogP contribution in [-0.4, -0.2) is 0 Å². The van der Waals surface area contributed by atoms with E-state index in [1.807, 2.05) is 0 Å². The molecule has 0 aromatic rings. The van der Waals surface area contributed by atoms with Crippen molar-refractivity contribution in [2.45, 2.75) is 51.9 Å². The van der Waals surface area contributed by atoms with Crippen LogP contribution in [0.5, 0.6) is 0 Å². The first-order valence-electron chi connectivity index (χ1n) is 5.36. The van der Waals surface area contributed by atoms with Gasteiger partial charge in [-0.15, -0.1) is 0 Å². The Morgan fingerprint density at radius 2 is 1.64 bits per heavy atom. The quantitative estimate of drug-likeness (QED) is 0.495. The molecular formula is C11H24. The Morgan fingerprint density at radius 1 is 0.909 bits per heavy atom. The van der Waals surface area contributed by atoms with Gasteiger partial charge in [-0.3, -0.25) is 0 Å². The Balaban J connectivity index is 0.000000720. The summed E-state index contributed by atoms with van der Waals surface area (Å²) in [5.41, 5.74) is 0. The van der Waals surface area contributed by atoms with Gasteiger partial charge in [-0.25, -0.2) is 0 Å². The first-order chi connectivity index (χ1) is 5.36. The number of hydrogen-bond donors (Lipinski definition) is 0. The molecule has 0 bridgehead atoms. The summed E-state index contributed by atoms with van der Waals surface area (Å²) in [5, 5.41) is 0. The average molecular weight is 156 g/mol. The molecule has 0 nitrogen and oxygen atoms in total. The van der Waals surface area contributed by atoms with E-state index in [4.69, 9.17) is 0 Å². The van der Waals surface area contributed by atoms with Crippen LogP contribution in [-0.2, 0) is 0 Å². The van der Waals surface area contributed by atoms with Gasteiger partial charge in [-0.05, 0) is 30.6 Å². The summed E-state index contributed by atoms with van der Waals surface area (Å²) in [6.07, 6.45) is 10.8. The first kappa shape index (κ1) is 7.64. The average Bonchev–Trinajstić information content (AvgIpc) is 2.04. The molecule has 0 aromatic carbocycles. The molecule has 2 saturated carbocycles. The van der Waals surface area contributed by atoms with Crippen LogP contribution in [0.15, 0.2) is 0 Å². The van der Waals surface area contributed by atoms with E-state index in [0.29, 0.717) is 0 Å². The van der Waals surface area contributed by atoms with Gasteiger partial charge < -0.3 is 0 Å². The first-order valence-corrected chi connectivity index (χ1v) is 5.36. The van der Waals surface area contributed by atoms with Crippen LogP contribution >= 0.6 is 0 Å². The number of rotatable bonds is 0. The number of hydrogen-bond acceptors (Lipinski definition) is 0. The molecule has 0 heterocycles. The van der Waals surface area contributed by atoms with Gasteiger partial charge in [0.2, 0.25) is 0 Å². The summed E-state index contributed by atoms with van der Waals surface area (Å²) in [6.45, 7) is 2.44. The van der Waals surface area contributed by atoms with E-state index >= 15 is 0 Å². The number of fused-ring (bicyclic) bond motifs is 1. The minimum atomic E-state index is 0. The zero-order chi connectivity index (χ0) is 7.68.